The van der Waals surface area contributed by atoms with Crippen molar-refractivity contribution >= 4 is 5.91 Å². The molecule has 0 radical (unpaired) electrons. The normalized spacial score (nSPS) is 29.2. The molecular weight excluding hydrogens is 390 g/mol. The number of aromatic nitrogens is 2. The Bertz CT molecular complexity index is 712. The first kappa shape index (κ1) is 22.6. The number of nitrogens with one attached hydrogen (secondary N) is 1. The molecule has 0 spiro atoms. The predicted molar refractivity (Wildman–Crippen MR) is 122 cm³/mol. The molecule has 0 aromatic carbocycles. The van der Waals surface area contributed by atoms with Crippen LogP contribution in [0.5, 0.6) is 5.88 Å². The lowest BCUT2D eigenvalue weighted by Gasteiger charge is -2.54. The molecule has 1 amide bonds. The lowest BCUT2D eigenvalue weighted by atomic mass is 9.54. The van der Waals surface area contributed by atoms with Crippen molar-refractivity contribution in [1.29, 1.82) is 0 Å². The van der Waals surface area contributed by atoms with E-state index in [4.69, 9.17) is 10.5 Å². The van der Waals surface area contributed by atoms with E-state index in [1.807, 2.05) is 18.5 Å². The summed E-state index contributed by atoms with van der Waals surface area (Å²) in [6.45, 7) is 10.2. The minimum atomic E-state index is -0.0215. The monoisotopic (exact) mass is 431 g/mol. The molecule has 4 aliphatic carbocycles. The van der Waals surface area contributed by atoms with Gasteiger partial charge in [0.2, 0.25) is 5.88 Å². The van der Waals surface area contributed by atoms with Gasteiger partial charge in [0.1, 0.15) is 5.56 Å². The molecule has 7 nitrogen and oxygen atoms in total. The van der Waals surface area contributed by atoms with Crippen molar-refractivity contribution in [2.45, 2.75) is 78.0 Å². The van der Waals surface area contributed by atoms with Crippen LogP contribution in [0.1, 0.15) is 69.7 Å². The lowest BCUT2D eigenvalue weighted by molar-refractivity contribution is -0.0120. The van der Waals surface area contributed by atoms with E-state index < -0.39 is 0 Å². The molecule has 0 saturated heterocycles. The van der Waals surface area contributed by atoms with Crippen LogP contribution in [-0.2, 0) is 6.54 Å². The van der Waals surface area contributed by atoms with Crippen molar-refractivity contribution in [2.24, 2.45) is 29.4 Å². The van der Waals surface area contributed by atoms with Crippen LogP contribution < -0.4 is 15.8 Å². The smallest absolute Gasteiger partial charge is 0.258 e. The number of amides is 1. The topological polar surface area (TPSA) is 85.4 Å². The first-order valence-electron chi connectivity index (χ1n) is 12.4. The van der Waals surface area contributed by atoms with Gasteiger partial charge in [-0.05, 0) is 82.6 Å². The van der Waals surface area contributed by atoms with Crippen molar-refractivity contribution in [1.82, 2.24) is 20.0 Å². The fourth-order valence-corrected chi connectivity index (χ4v) is 6.50. The highest BCUT2D eigenvalue weighted by Crippen LogP contribution is 2.53. The number of hydrogen-bond donors (Lipinski definition) is 2. The number of carbonyl (C=O) groups is 1. The van der Waals surface area contributed by atoms with Gasteiger partial charge in [0, 0.05) is 25.7 Å². The van der Waals surface area contributed by atoms with Crippen molar-refractivity contribution in [3.05, 3.63) is 11.8 Å². The van der Waals surface area contributed by atoms with Crippen LogP contribution in [0.2, 0.25) is 0 Å². The van der Waals surface area contributed by atoms with Gasteiger partial charge < -0.3 is 20.7 Å². The van der Waals surface area contributed by atoms with Gasteiger partial charge in [0.25, 0.3) is 5.91 Å². The van der Waals surface area contributed by atoms with Gasteiger partial charge >= 0.3 is 0 Å². The number of rotatable bonds is 11. The first-order chi connectivity index (χ1) is 15.0. The van der Waals surface area contributed by atoms with Crippen LogP contribution in [0.25, 0.3) is 0 Å². The van der Waals surface area contributed by atoms with Crippen molar-refractivity contribution in [3.8, 4) is 5.88 Å². The number of carbonyl (C=O) groups excluding carboxylic acids is 1. The molecule has 4 saturated carbocycles. The van der Waals surface area contributed by atoms with E-state index in [1.165, 1.54) is 32.1 Å². The van der Waals surface area contributed by atoms with E-state index in [0.29, 0.717) is 42.4 Å². The summed E-state index contributed by atoms with van der Waals surface area (Å²) >= 11 is 0. The molecule has 3 N–H and O–H groups in total. The molecule has 1 heterocycles. The van der Waals surface area contributed by atoms with Crippen LogP contribution in [0.4, 0.5) is 0 Å². The highest BCUT2D eigenvalue weighted by atomic mass is 16.5. The molecule has 4 aliphatic rings. The van der Waals surface area contributed by atoms with Crippen LogP contribution in [0.15, 0.2) is 6.20 Å². The van der Waals surface area contributed by atoms with Crippen molar-refractivity contribution < 1.29 is 9.53 Å². The summed E-state index contributed by atoms with van der Waals surface area (Å²) < 4.78 is 7.95. The van der Waals surface area contributed by atoms with E-state index in [9.17, 15) is 4.79 Å². The first-order valence-corrected chi connectivity index (χ1v) is 12.4. The second-order valence-electron chi connectivity index (χ2n) is 10.3. The highest BCUT2D eigenvalue weighted by molar-refractivity contribution is 5.96. The average Bonchev–Trinajstić information content (AvgIpc) is 3.10. The maximum atomic E-state index is 13.3. The molecule has 7 heteroatoms. The minimum Gasteiger partial charge on any atom is -0.475 e. The number of nitrogens with two attached hydrogens (primary N) is 1. The molecule has 31 heavy (non-hydrogen) atoms. The van der Waals surface area contributed by atoms with Gasteiger partial charge in [-0.1, -0.05) is 6.92 Å². The number of nitrogens with zero attached hydrogens (tertiary/aromatic N) is 3. The zero-order valence-corrected chi connectivity index (χ0v) is 19.6. The number of ether oxygens (including phenoxy) is 1. The maximum Gasteiger partial charge on any atom is 0.258 e. The quantitative estimate of drug-likeness (QED) is 0.563. The average molecular weight is 432 g/mol. The van der Waals surface area contributed by atoms with Gasteiger partial charge in [-0.25, -0.2) is 4.68 Å². The van der Waals surface area contributed by atoms with E-state index in [0.717, 1.165) is 37.9 Å². The Morgan fingerprint density at radius 1 is 1.19 bits per heavy atom. The van der Waals surface area contributed by atoms with Gasteiger partial charge in [-0.3, -0.25) is 4.79 Å². The van der Waals surface area contributed by atoms with Gasteiger partial charge in [-0.2, -0.15) is 5.10 Å². The maximum absolute atomic E-state index is 13.3. The van der Waals surface area contributed by atoms with Crippen LogP contribution in [0, 0.1) is 23.7 Å². The second-order valence-corrected chi connectivity index (χ2v) is 10.3. The van der Waals surface area contributed by atoms with Crippen LogP contribution in [0.3, 0.4) is 0 Å². The summed E-state index contributed by atoms with van der Waals surface area (Å²) in [5.41, 5.74) is 6.34. The van der Waals surface area contributed by atoms with E-state index in [2.05, 4.69) is 22.2 Å². The molecule has 0 atom stereocenters. The SMILES string of the molecule is CCCN(CCN)CCn1ncc(C(=O)NC2C3CC4CC(C3)CC2C4)c1OC(C)C. The van der Waals surface area contributed by atoms with Crippen molar-refractivity contribution in [2.75, 3.05) is 26.2 Å². The molecule has 4 bridgehead atoms. The molecule has 5 rings (SSSR count). The van der Waals surface area contributed by atoms with Crippen molar-refractivity contribution in [3.63, 3.8) is 0 Å². The lowest BCUT2D eigenvalue weighted by Crippen LogP contribution is -2.55. The molecule has 0 unspecified atom stereocenters. The molecule has 0 aliphatic heterocycles. The molecule has 174 valence electrons. The molecule has 1 aromatic heterocycles. The Morgan fingerprint density at radius 2 is 1.87 bits per heavy atom. The number of hydrogen-bond acceptors (Lipinski definition) is 5. The third kappa shape index (κ3) is 5.08. The summed E-state index contributed by atoms with van der Waals surface area (Å²) in [5, 5.41) is 7.95. The zero-order valence-electron chi connectivity index (χ0n) is 19.6. The minimum absolute atomic E-state index is 0.0149. The Hall–Kier alpha value is -1.60. The summed E-state index contributed by atoms with van der Waals surface area (Å²) in [4.78, 5) is 15.7. The fraction of sp³-hybridized carbons (Fsp3) is 0.833. The summed E-state index contributed by atoms with van der Waals surface area (Å²) in [6.07, 6.45) is 9.36. The standard InChI is InChI=1S/C24H41N5O2/c1-4-6-28(7-5-25)8-9-29-24(31-16(2)3)21(15-26-29)23(30)27-22-19-11-17-10-18(13-19)14-20(22)12-17/h15-20,22H,4-14,25H2,1-3H3,(H,27,30). The molecule has 4 fully saturated rings. The highest BCUT2D eigenvalue weighted by Gasteiger charge is 2.48. The van der Waals surface area contributed by atoms with Gasteiger partial charge in [0.15, 0.2) is 0 Å². The Balaban J connectivity index is 1.45. The van der Waals surface area contributed by atoms with E-state index in [1.54, 1.807) is 6.20 Å². The largest absolute Gasteiger partial charge is 0.475 e. The van der Waals surface area contributed by atoms with Crippen LogP contribution in [-0.4, -0.2) is 58.9 Å². The van der Waals surface area contributed by atoms with E-state index >= 15 is 0 Å². The fourth-order valence-electron chi connectivity index (χ4n) is 6.50. The third-order valence-electron chi connectivity index (χ3n) is 7.52. The Labute approximate surface area is 187 Å². The van der Waals surface area contributed by atoms with Crippen LogP contribution >= 0.6 is 0 Å². The van der Waals surface area contributed by atoms with Gasteiger partial charge in [-0.15, -0.1) is 0 Å². The van der Waals surface area contributed by atoms with E-state index in [-0.39, 0.29) is 12.0 Å². The third-order valence-corrected chi connectivity index (χ3v) is 7.52. The Morgan fingerprint density at radius 3 is 2.45 bits per heavy atom. The molecule has 1 aromatic rings. The van der Waals surface area contributed by atoms with Gasteiger partial charge in [0.05, 0.1) is 18.8 Å². The second kappa shape index (κ2) is 9.90. The summed E-state index contributed by atoms with van der Waals surface area (Å²) in [7, 11) is 0. The Kier molecular flexibility index (Phi) is 7.22. The zero-order chi connectivity index (χ0) is 22.0. The predicted octanol–water partition coefficient (Wildman–Crippen LogP) is 2.90. The summed E-state index contributed by atoms with van der Waals surface area (Å²) in [5.74, 6) is 3.69. The molecular formula is C24H41N5O2. The summed E-state index contributed by atoms with van der Waals surface area (Å²) in [6, 6.07) is 0.320.